The molecule has 2 atom stereocenters. The van der Waals surface area contributed by atoms with Gasteiger partial charge in [0.05, 0.1) is 12.4 Å². The molecule has 20 heavy (non-hydrogen) atoms. The van der Waals surface area contributed by atoms with Crippen LogP contribution < -0.4 is 5.32 Å². The average Bonchev–Trinajstić information content (AvgIpc) is 3.04. The number of nitrogens with one attached hydrogen (secondary N) is 1. The summed E-state index contributed by atoms with van der Waals surface area (Å²) in [6, 6.07) is 0.197. The Hall–Kier alpha value is -1.98. The monoisotopic (exact) mass is 277 g/mol. The third kappa shape index (κ3) is 3.76. The minimum absolute atomic E-state index is 0.149. The van der Waals surface area contributed by atoms with Crippen LogP contribution in [-0.2, 0) is 0 Å². The first-order chi connectivity index (χ1) is 9.26. The molecule has 0 spiro atoms. The highest BCUT2D eigenvalue weighted by Gasteiger charge is 2.40. The Morgan fingerprint density at radius 3 is 2.40 bits per heavy atom. The van der Waals surface area contributed by atoms with Gasteiger partial charge < -0.3 is 10.4 Å². The maximum absolute atomic E-state index is 11.9. The predicted octanol–water partition coefficient (Wildman–Crippen LogP) is 1.73. The fraction of sp³-hybridized carbons (Fsp3) is 0.571. The van der Waals surface area contributed by atoms with Crippen molar-refractivity contribution in [3.8, 4) is 0 Å². The topological polar surface area (TPSA) is 92.2 Å². The number of rotatable bonds is 4. The lowest BCUT2D eigenvalue weighted by atomic mass is 9.89. The lowest BCUT2D eigenvalue weighted by Crippen LogP contribution is -2.28. The Labute approximate surface area is 117 Å². The first kappa shape index (κ1) is 14.4. The summed E-state index contributed by atoms with van der Waals surface area (Å²) in [6.07, 6.45) is 4.35. The molecule has 1 amide bonds. The molecule has 1 aliphatic rings. The maximum atomic E-state index is 11.9. The number of carbonyl (C=O) groups excluding carboxylic acids is 1. The Bertz CT molecular complexity index is 519. The van der Waals surface area contributed by atoms with Crippen LogP contribution in [0.3, 0.4) is 0 Å². The van der Waals surface area contributed by atoms with Gasteiger partial charge in [0, 0.05) is 6.04 Å². The van der Waals surface area contributed by atoms with Crippen molar-refractivity contribution in [3.63, 3.8) is 0 Å². The minimum Gasteiger partial charge on any atom is -0.476 e. The van der Waals surface area contributed by atoms with Gasteiger partial charge in [0.2, 0.25) is 0 Å². The van der Waals surface area contributed by atoms with E-state index < -0.39 is 5.97 Å². The van der Waals surface area contributed by atoms with Crippen molar-refractivity contribution < 1.29 is 14.7 Å². The van der Waals surface area contributed by atoms with Gasteiger partial charge in [-0.25, -0.2) is 14.8 Å². The summed E-state index contributed by atoms with van der Waals surface area (Å²) in [4.78, 5) is 30.1. The number of carboxylic acid groups (broad SMARTS) is 1. The van der Waals surface area contributed by atoms with Crippen molar-refractivity contribution in [2.45, 2.75) is 39.7 Å². The Balaban J connectivity index is 1.89. The van der Waals surface area contributed by atoms with Crippen molar-refractivity contribution in [3.05, 3.63) is 23.8 Å². The fourth-order valence-corrected chi connectivity index (χ4v) is 2.23. The van der Waals surface area contributed by atoms with E-state index in [1.807, 2.05) is 0 Å². The van der Waals surface area contributed by atoms with Crippen LogP contribution in [0.15, 0.2) is 12.4 Å². The van der Waals surface area contributed by atoms with Crippen LogP contribution in [0.2, 0.25) is 0 Å². The molecule has 1 saturated carbocycles. The molecule has 1 fully saturated rings. The van der Waals surface area contributed by atoms with Crippen LogP contribution in [0.1, 0.15) is 54.6 Å². The molecule has 1 aromatic heterocycles. The lowest BCUT2D eigenvalue weighted by Gasteiger charge is -2.17. The van der Waals surface area contributed by atoms with Gasteiger partial charge in [-0.05, 0) is 24.2 Å². The van der Waals surface area contributed by atoms with Crippen molar-refractivity contribution in [2.24, 2.45) is 11.3 Å². The molecule has 0 aromatic carbocycles. The average molecular weight is 277 g/mol. The molecule has 0 radical (unpaired) electrons. The zero-order valence-electron chi connectivity index (χ0n) is 11.9. The molecule has 2 rings (SSSR count). The molecule has 6 nitrogen and oxygen atoms in total. The summed E-state index contributed by atoms with van der Waals surface area (Å²) >= 11 is 0. The van der Waals surface area contributed by atoms with Crippen molar-refractivity contribution in [1.29, 1.82) is 0 Å². The van der Waals surface area contributed by atoms with Gasteiger partial charge in [-0.1, -0.05) is 20.8 Å². The minimum atomic E-state index is -1.16. The molecule has 1 heterocycles. The fourth-order valence-electron chi connectivity index (χ4n) is 2.23. The summed E-state index contributed by atoms with van der Waals surface area (Å²) in [7, 11) is 0. The summed E-state index contributed by atoms with van der Waals surface area (Å²) < 4.78 is 0. The van der Waals surface area contributed by atoms with E-state index in [0.717, 1.165) is 19.0 Å². The van der Waals surface area contributed by atoms with E-state index in [2.05, 4.69) is 36.1 Å². The zero-order valence-corrected chi connectivity index (χ0v) is 11.9. The Kier molecular flexibility index (Phi) is 3.74. The van der Waals surface area contributed by atoms with Gasteiger partial charge in [0.15, 0.2) is 5.69 Å². The molecule has 0 unspecified atom stereocenters. The van der Waals surface area contributed by atoms with Crippen LogP contribution in [0.25, 0.3) is 0 Å². The van der Waals surface area contributed by atoms with Gasteiger partial charge in [-0.3, -0.25) is 4.79 Å². The van der Waals surface area contributed by atoms with Crippen LogP contribution in [0, 0.1) is 11.3 Å². The van der Waals surface area contributed by atoms with Gasteiger partial charge in [-0.2, -0.15) is 0 Å². The quantitative estimate of drug-likeness (QED) is 0.874. The highest BCUT2D eigenvalue weighted by molar-refractivity contribution is 5.93. The second-order valence-corrected chi connectivity index (χ2v) is 6.43. The molecule has 0 aliphatic heterocycles. The highest BCUT2D eigenvalue weighted by Crippen LogP contribution is 2.40. The molecule has 0 bridgehead atoms. The standard InChI is InChI=1S/C14H19N3O3/c1-14(2,3)5-8-4-9(8)17-12(18)10-6-16-11(7-15-10)13(19)20/h6-9H,4-5H2,1-3H3,(H,17,18)(H,19,20)/t8-,9+/m0/s1. The molecule has 0 saturated heterocycles. The first-order valence-electron chi connectivity index (χ1n) is 6.62. The molecule has 108 valence electrons. The Morgan fingerprint density at radius 2 is 1.90 bits per heavy atom. The second-order valence-electron chi connectivity index (χ2n) is 6.43. The second kappa shape index (κ2) is 5.19. The summed E-state index contributed by atoms with van der Waals surface area (Å²) in [5, 5.41) is 11.6. The van der Waals surface area contributed by atoms with E-state index in [4.69, 9.17) is 5.11 Å². The molecular formula is C14H19N3O3. The van der Waals surface area contributed by atoms with Crippen molar-refractivity contribution in [1.82, 2.24) is 15.3 Å². The summed E-state index contributed by atoms with van der Waals surface area (Å²) in [5.41, 5.74) is 0.239. The largest absolute Gasteiger partial charge is 0.476 e. The smallest absolute Gasteiger partial charge is 0.356 e. The molecule has 1 aromatic rings. The number of amides is 1. The van der Waals surface area contributed by atoms with Crippen LogP contribution in [0.5, 0.6) is 0 Å². The Morgan fingerprint density at radius 1 is 1.30 bits per heavy atom. The normalized spacial score (nSPS) is 21.4. The molecule has 1 aliphatic carbocycles. The SMILES string of the molecule is CC(C)(C)C[C@@H]1C[C@H]1NC(=O)c1cnc(C(=O)O)cn1. The van der Waals surface area contributed by atoms with E-state index >= 15 is 0 Å². The van der Waals surface area contributed by atoms with Crippen molar-refractivity contribution in [2.75, 3.05) is 0 Å². The van der Waals surface area contributed by atoms with E-state index in [1.165, 1.54) is 6.20 Å². The first-order valence-corrected chi connectivity index (χ1v) is 6.62. The van der Waals surface area contributed by atoms with Crippen molar-refractivity contribution >= 4 is 11.9 Å². The number of carbonyl (C=O) groups is 2. The van der Waals surface area contributed by atoms with E-state index in [9.17, 15) is 9.59 Å². The van der Waals surface area contributed by atoms with E-state index in [0.29, 0.717) is 5.92 Å². The summed E-state index contributed by atoms with van der Waals surface area (Å²) in [5.74, 6) is -0.932. The lowest BCUT2D eigenvalue weighted by molar-refractivity contribution is 0.0689. The van der Waals surface area contributed by atoms with Gasteiger partial charge in [0.25, 0.3) is 5.91 Å². The predicted molar refractivity (Wildman–Crippen MR) is 72.4 cm³/mol. The number of aromatic nitrogens is 2. The van der Waals surface area contributed by atoms with E-state index in [-0.39, 0.29) is 28.8 Å². The number of hydrogen-bond acceptors (Lipinski definition) is 4. The number of carboxylic acids is 1. The van der Waals surface area contributed by atoms with Gasteiger partial charge in [-0.15, -0.1) is 0 Å². The number of aromatic carboxylic acids is 1. The molecule has 2 N–H and O–H groups in total. The third-order valence-electron chi connectivity index (χ3n) is 3.22. The van der Waals surface area contributed by atoms with Gasteiger partial charge in [0.1, 0.15) is 5.69 Å². The van der Waals surface area contributed by atoms with Crippen LogP contribution in [0.4, 0.5) is 0 Å². The van der Waals surface area contributed by atoms with Gasteiger partial charge >= 0.3 is 5.97 Å². The molecular weight excluding hydrogens is 258 g/mol. The third-order valence-corrected chi connectivity index (χ3v) is 3.22. The molecule has 6 heteroatoms. The van der Waals surface area contributed by atoms with Crippen LogP contribution >= 0.6 is 0 Å². The summed E-state index contributed by atoms with van der Waals surface area (Å²) in [6.45, 7) is 6.54. The zero-order chi connectivity index (χ0) is 14.9. The van der Waals surface area contributed by atoms with Crippen LogP contribution in [-0.4, -0.2) is 33.0 Å². The maximum Gasteiger partial charge on any atom is 0.356 e. The number of nitrogens with zero attached hydrogens (tertiary/aromatic N) is 2. The van der Waals surface area contributed by atoms with E-state index in [1.54, 1.807) is 0 Å². The highest BCUT2D eigenvalue weighted by atomic mass is 16.4. The number of hydrogen-bond donors (Lipinski definition) is 2.